The molecule has 1 fully saturated rings. The zero-order valence-electron chi connectivity index (χ0n) is 15.7. The van der Waals surface area contributed by atoms with E-state index in [-0.39, 0.29) is 0 Å². The zero-order chi connectivity index (χ0) is 18.9. The summed E-state index contributed by atoms with van der Waals surface area (Å²) in [4.78, 5) is 6.52. The summed E-state index contributed by atoms with van der Waals surface area (Å²) in [7, 11) is 0. The molecule has 1 N–H and O–H groups in total. The van der Waals surface area contributed by atoms with Gasteiger partial charge in [-0.3, -0.25) is 4.98 Å². The molecule has 2 aromatic rings. The summed E-state index contributed by atoms with van der Waals surface area (Å²) in [5, 5.41) is 4.52. The second kappa shape index (κ2) is 10.8. The van der Waals surface area contributed by atoms with Crippen LogP contribution in [0.4, 0.5) is 0 Å². The first kappa shape index (κ1) is 20.3. The molecule has 0 bridgehead atoms. The molecule has 3 rings (SSSR count). The Labute approximate surface area is 176 Å². The van der Waals surface area contributed by atoms with E-state index in [2.05, 4.69) is 61.5 Å². The van der Waals surface area contributed by atoms with Crippen molar-refractivity contribution in [3.63, 3.8) is 0 Å². The maximum absolute atomic E-state index is 5.84. The molecule has 0 atom stereocenters. The minimum Gasteiger partial charge on any atom is -0.360 e. The first-order valence-corrected chi connectivity index (χ1v) is 11.1. The maximum Gasteiger partial charge on any atom is 0.169 e. The van der Waals surface area contributed by atoms with Crippen molar-refractivity contribution in [3.8, 4) is 0 Å². The number of hydrogen-bond acceptors (Lipinski definition) is 2. The third-order valence-corrected chi connectivity index (χ3v) is 6.01. The first-order chi connectivity index (χ1) is 13.2. The van der Waals surface area contributed by atoms with Crippen LogP contribution >= 0.6 is 28.1 Å². The molecule has 0 radical (unpaired) electrons. The average molecular weight is 446 g/mol. The minimum absolute atomic E-state index is 0.499. The Hall–Kier alpha value is -1.46. The summed E-state index contributed by atoms with van der Waals surface area (Å²) < 4.78 is 1.10. The van der Waals surface area contributed by atoms with Crippen molar-refractivity contribution in [1.29, 1.82) is 0 Å². The third-order valence-electron chi connectivity index (χ3n) is 5.10. The highest BCUT2D eigenvalue weighted by Gasteiger charge is 2.17. The molecule has 5 heteroatoms. The van der Waals surface area contributed by atoms with Gasteiger partial charge < -0.3 is 10.2 Å². The Morgan fingerprint density at radius 2 is 1.67 bits per heavy atom. The topological polar surface area (TPSA) is 28.2 Å². The Morgan fingerprint density at radius 3 is 2.33 bits per heavy atom. The number of aromatic nitrogens is 1. The van der Waals surface area contributed by atoms with Crippen molar-refractivity contribution in [3.05, 3.63) is 64.4 Å². The molecule has 1 aliphatic rings. The van der Waals surface area contributed by atoms with E-state index in [1.807, 2.05) is 18.5 Å². The van der Waals surface area contributed by atoms with Crippen LogP contribution in [0.5, 0.6) is 0 Å². The van der Waals surface area contributed by atoms with Crippen molar-refractivity contribution in [2.75, 3.05) is 0 Å². The second-order valence-electron chi connectivity index (χ2n) is 7.34. The van der Waals surface area contributed by atoms with Gasteiger partial charge in [0.05, 0.1) is 0 Å². The highest BCUT2D eigenvalue weighted by Crippen LogP contribution is 2.19. The molecular formula is C22H28BrN3S. The number of hydrogen-bond donors (Lipinski definition) is 1. The van der Waals surface area contributed by atoms with Crippen LogP contribution in [0.2, 0.25) is 0 Å². The molecule has 1 saturated carbocycles. The number of halogens is 1. The van der Waals surface area contributed by atoms with Crippen molar-refractivity contribution >= 4 is 33.3 Å². The highest BCUT2D eigenvalue weighted by atomic mass is 79.9. The number of thiocarbonyl (C=S) groups is 1. The molecule has 0 saturated heterocycles. The number of nitrogens with zero attached hydrogens (tertiary/aromatic N) is 2. The highest BCUT2D eigenvalue weighted by molar-refractivity contribution is 9.10. The summed E-state index contributed by atoms with van der Waals surface area (Å²) in [5.74, 6) is 0. The van der Waals surface area contributed by atoms with E-state index in [1.165, 1.54) is 56.1 Å². The lowest BCUT2D eigenvalue weighted by molar-refractivity contribution is 0.370. The Balaban J connectivity index is 1.69. The van der Waals surface area contributed by atoms with Gasteiger partial charge in [0.1, 0.15) is 0 Å². The molecule has 1 aliphatic carbocycles. The average Bonchev–Trinajstić information content (AvgIpc) is 2.66. The molecule has 27 heavy (non-hydrogen) atoms. The van der Waals surface area contributed by atoms with E-state index >= 15 is 0 Å². The van der Waals surface area contributed by atoms with Gasteiger partial charge in [0.15, 0.2) is 5.11 Å². The Kier molecular flexibility index (Phi) is 8.09. The number of benzene rings is 1. The maximum atomic E-state index is 5.84. The summed E-state index contributed by atoms with van der Waals surface area (Å²) in [6.07, 6.45) is 12.9. The van der Waals surface area contributed by atoms with Gasteiger partial charge in [0.25, 0.3) is 0 Å². The van der Waals surface area contributed by atoms with Crippen molar-refractivity contribution < 1.29 is 0 Å². The van der Waals surface area contributed by atoms with Crippen LogP contribution in [0.3, 0.4) is 0 Å². The van der Waals surface area contributed by atoms with Crippen molar-refractivity contribution in [2.24, 2.45) is 0 Å². The second-order valence-corrected chi connectivity index (χ2v) is 8.64. The Bertz CT molecular complexity index is 697. The van der Waals surface area contributed by atoms with E-state index in [1.54, 1.807) is 0 Å². The van der Waals surface area contributed by atoms with Crippen LogP contribution in [-0.2, 0) is 13.1 Å². The summed E-state index contributed by atoms with van der Waals surface area (Å²) in [6, 6.07) is 13.1. The molecule has 3 nitrogen and oxygen atoms in total. The van der Waals surface area contributed by atoms with Crippen LogP contribution in [-0.4, -0.2) is 21.0 Å². The molecule has 144 valence electrons. The minimum atomic E-state index is 0.499. The Morgan fingerprint density at radius 1 is 1.00 bits per heavy atom. The van der Waals surface area contributed by atoms with Gasteiger partial charge in [-0.05, 0) is 54.4 Å². The summed E-state index contributed by atoms with van der Waals surface area (Å²) in [6.45, 7) is 1.56. The van der Waals surface area contributed by atoms with Crippen molar-refractivity contribution in [1.82, 2.24) is 15.2 Å². The lowest BCUT2D eigenvalue weighted by Gasteiger charge is -2.30. The van der Waals surface area contributed by atoms with Gasteiger partial charge in [-0.25, -0.2) is 0 Å². The summed E-state index contributed by atoms with van der Waals surface area (Å²) in [5.41, 5.74) is 2.43. The molecule has 1 heterocycles. The van der Waals surface area contributed by atoms with Crippen LogP contribution < -0.4 is 5.32 Å². The van der Waals surface area contributed by atoms with Crippen LogP contribution in [0.15, 0.2) is 53.3 Å². The lowest BCUT2D eigenvalue weighted by Crippen LogP contribution is -2.44. The van der Waals surface area contributed by atoms with E-state index in [0.29, 0.717) is 6.04 Å². The van der Waals surface area contributed by atoms with E-state index in [4.69, 9.17) is 12.2 Å². The van der Waals surface area contributed by atoms with Gasteiger partial charge in [0.2, 0.25) is 0 Å². The standard InChI is InChI=1S/C22H28BrN3S/c23-20-12-10-18(11-13-20)16-26(17-19-7-6-14-24-15-19)22(27)25-21-8-4-2-1-3-5-9-21/h6-7,10-15,21H,1-5,8-9,16-17H2,(H,25,27). The van der Waals surface area contributed by atoms with Crippen molar-refractivity contribution in [2.45, 2.75) is 64.1 Å². The van der Waals surface area contributed by atoms with E-state index in [9.17, 15) is 0 Å². The fourth-order valence-electron chi connectivity index (χ4n) is 3.59. The monoisotopic (exact) mass is 445 g/mol. The number of pyridine rings is 1. The molecule has 1 aromatic heterocycles. The van der Waals surface area contributed by atoms with E-state index in [0.717, 1.165) is 22.7 Å². The quantitative estimate of drug-likeness (QED) is 0.585. The van der Waals surface area contributed by atoms with E-state index < -0.39 is 0 Å². The zero-order valence-corrected chi connectivity index (χ0v) is 18.1. The lowest BCUT2D eigenvalue weighted by atomic mass is 9.97. The molecular weight excluding hydrogens is 418 g/mol. The van der Waals surface area contributed by atoms with Crippen LogP contribution in [0.1, 0.15) is 56.1 Å². The number of nitrogens with one attached hydrogen (secondary N) is 1. The summed E-state index contributed by atoms with van der Waals surface area (Å²) >= 11 is 9.36. The van der Waals surface area contributed by atoms with Gasteiger partial charge >= 0.3 is 0 Å². The fourth-order valence-corrected chi connectivity index (χ4v) is 4.15. The number of rotatable bonds is 5. The SMILES string of the molecule is S=C(NC1CCCCCCC1)N(Cc1ccc(Br)cc1)Cc1cccnc1. The predicted molar refractivity (Wildman–Crippen MR) is 119 cm³/mol. The molecule has 0 amide bonds. The van der Waals surface area contributed by atoms with Gasteiger partial charge in [-0.15, -0.1) is 0 Å². The normalized spacial score (nSPS) is 15.6. The first-order valence-electron chi connectivity index (χ1n) is 9.89. The van der Waals surface area contributed by atoms with Crippen LogP contribution in [0.25, 0.3) is 0 Å². The molecule has 0 unspecified atom stereocenters. The smallest absolute Gasteiger partial charge is 0.169 e. The predicted octanol–water partition coefficient (Wildman–Crippen LogP) is 5.83. The molecule has 1 aromatic carbocycles. The molecule has 0 aliphatic heterocycles. The van der Waals surface area contributed by atoms with Crippen LogP contribution in [0, 0.1) is 0 Å². The third kappa shape index (κ3) is 6.89. The fraction of sp³-hybridized carbons (Fsp3) is 0.455. The molecule has 0 spiro atoms. The van der Waals surface area contributed by atoms with Gasteiger partial charge in [-0.1, -0.05) is 66.2 Å². The van der Waals surface area contributed by atoms with Gasteiger partial charge in [-0.2, -0.15) is 0 Å². The van der Waals surface area contributed by atoms with Gasteiger partial charge in [0, 0.05) is 36.0 Å². The largest absolute Gasteiger partial charge is 0.360 e.